The molecule has 0 radical (unpaired) electrons. The molecule has 0 spiro atoms. The van der Waals surface area contributed by atoms with E-state index in [0.29, 0.717) is 17.0 Å². The smallest absolute Gasteiger partial charge is 0.283 e. The van der Waals surface area contributed by atoms with E-state index in [2.05, 4.69) is 10.6 Å². The summed E-state index contributed by atoms with van der Waals surface area (Å²) in [5.41, 5.74) is 5.43. The summed E-state index contributed by atoms with van der Waals surface area (Å²) < 4.78 is 0. The number of nitrogens with two attached hydrogens (primary N) is 1. The van der Waals surface area contributed by atoms with Crippen LogP contribution in [-0.2, 0) is 4.79 Å². The Hall–Kier alpha value is -2.02. The maximum absolute atomic E-state index is 12.1. The molecule has 1 aromatic carbocycles. The quantitative estimate of drug-likeness (QED) is 0.708. The van der Waals surface area contributed by atoms with E-state index in [1.807, 2.05) is 6.92 Å². The molecule has 0 aromatic heterocycles. The van der Waals surface area contributed by atoms with E-state index in [9.17, 15) is 14.4 Å². The van der Waals surface area contributed by atoms with Crippen LogP contribution in [-0.4, -0.2) is 29.6 Å². The monoisotopic (exact) mass is 295 g/mol. The third-order valence-corrected chi connectivity index (χ3v) is 3.34. The Labute approximate surface area is 121 Å². The number of amides is 3. The van der Waals surface area contributed by atoms with E-state index in [0.717, 1.165) is 11.8 Å². The molecule has 0 saturated carbocycles. The van der Waals surface area contributed by atoms with Crippen LogP contribution in [0.1, 0.15) is 24.2 Å². The summed E-state index contributed by atoms with van der Waals surface area (Å²) >= 11 is 0.932. The van der Waals surface area contributed by atoms with E-state index in [4.69, 9.17) is 5.73 Å². The molecule has 0 fully saturated rings. The second-order valence-electron chi connectivity index (χ2n) is 4.01. The van der Waals surface area contributed by atoms with Crippen molar-refractivity contribution >= 4 is 28.8 Å². The molecular weight excluding hydrogens is 278 g/mol. The average Bonchev–Trinajstić information content (AvgIpc) is 2.39. The van der Waals surface area contributed by atoms with E-state index >= 15 is 0 Å². The number of hydrogen-bond donors (Lipinski definition) is 3. The Morgan fingerprint density at radius 3 is 2.55 bits per heavy atom. The number of primary amides is 1. The van der Waals surface area contributed by atoms with Crippen molar-refractivity contribution in [2.45, 2.75) is 24.8 Å². The van der Waals surface area contributed by atoms with Crippen molar-refractivity contribution in [2.75, 3.05) is 6.54 Å². The van der Waals surface area contributed by atoms with Crippen LogP contribution in [0, 0.1) is 0 Å². The molecule has 1 rings (SSSR count). The first-order chi connectivity index (χ1) is 9.45. The summed E-state index contributed by atoms with van der Waals surface area (Å²) in [6, 6.07) is 5.90. The molecule has 0 unspecified atom stereocenters. The lowest BCUT2D eigenvalue weighted by Crippen LogP contribution is -2.42. The summed E-state index contributed by atoms with van der Waals surface area (Å²) in [6.45, 7) is 3.82. The van der Waals surface area contributed by atoms with Gasteiger partial charge in [-0.25, -0.2) is 0 Å². The van der Waals surface area contributed by atoms with E-state index in [1.54, 1.807) is 24.3 Å². The number of hydrogen-bond acceptors (Lipinski definition) is 4. The van der Waals surface area contributed by atoms with Crippen LogP contribution in [0.15, 0.2) is 29.2 Å². The molecule has 1 aromatic rings. The number of rotatable bonds is 5. The highest BCUT2D eigenvalue weighted by Crippen LogP contribution is 2.23. The largest absolute Gasteiger partial charge is 0.368 e. The molecule has 0 bridgehead atoms. The minimum atomic E-state index is -0.773. The lowest BCUT2D eigenvalue weighted by atomic mass is 10.2. The Morgan fingerprint density at radius 2 is 1.95 bits per heavy atom. The molecule has 0 saturated heterocycles. The highest BCUT2D eigenvalue weighted by molar-refractivity contribution is 8.13. The Morgan fingerprint density at radius 1 is 1.30 bits per heavy atom. The van der Waals surface area contributed by atoms with Gasteiger partial charge < -0.3 is 16.4 Å². The standard InChI is InChI=1S/C13H17N3O3S/c1-3-15-13(19)20-10-7-5-4-6-9(10)12(18)16-8(2)11(14)17/h4-8H,3H2,1-2H3,(H2,14,17)(H,15,19)(H,16,18)/t8-/m1/s1. The predicted octanol–water partition coefficient (Wildman–Crippen LogP) is 1.11. The highest BCUT2D eigenvalue weighted by atomic mass is 32.2. The van der Waals surface area contributed by atoms with Crippen molar-refractivity contribution in [3.8, 4) is 0 Å². The number of carbonyl (C=O) groups excluding carboxylic acids is 3. The van der Waals surface area contributed by atoms with Crippen LogP contribution < -0.4 is 16.4 Å². The molecular formula is C13H17N3O3S. The molecule has 0 aliphatic rings. The van der Waals surface area contributed by atoms with Crippen LogP contribution in [0.2, 0.25) is 0 Å². The molecule has 6 nitrogen and oxygen atoms in total. The van der Waals surface area contributed by atoms with Crippen LogP contribution in [0.25, 0.3) is 0 Å². The Balaban J connectivity index is 2.86. The van der Waals surface area contributed by atoms with Gasteiger partial charge >= 0.3 is 0 Å². The zero-order chi connectivity index (χ0) is 15.1. The third kappa shape index (κ3) is 4.58. The van der Waals surface area contributed by atoms with Crippen molar-refractivity contribution in [3.05, 3.63) is 29.8 Å². The fraction of sp³-hybridized carbons (Fsp3) is 0.308. The summed E-state index contributed by atoms with van der Waals surface area (Å²) in [6.07, 6.45) is 0. The van der Waals surface area contributed by atoms with Gasteiger partial charge in [-0.15, -0.1) is 0 Å². The lowest BCUT2D eigenvalue weighted by molar-refractivity contribution is -0.119. The number of benzene rings is 1. The predicted molar refractivity (Wildman–Crippen MR) is 77.5 cm³/mol. The van der Waals surface area contributed by atoms with Gasteiger partial charge in [0.1, 0.15) is 6.04 Å². The van der Waals surface area contributed by atoms with Crippen LogP contribution in [0.5, 0.6) is 0 Å². The first kappa shape index (κ1) is 16.0. The Kier molecular flexibility index (Phi) is 6.05. The summed E-state index contributed by atoms with van der Waals surface area (Å²) in [7, 11) is 0. The second-order valence-corrected chi connectivity index (χ2v) is 5.03. The van der Waals surface area contributed by atoms with Gasteiger partial charge in [-0.1, -0.05) is 12.1 Å². The van der Waals surface area contributed by atoms with Crippen LogP contribution in [0.3, 0.4) is 0 Å². The van der Waals surface area contributed by atoms with Gasteiger partial charge in [0.25, 0.3) is 11.1 Å². The second kappa shape index (κ2) is 7.54. The molecule has 4 N–H and O–H groups in total. The van der Waals surface area contributed by atoms with Gasteiger partial charge in [-0.2, -0.15) is 0 Å². The van der Waals surface area contributed by atoms with Crippen LogP contribution >= 0.6 is 11.8 Å². The zero-order valence-corrected chi connectivity index (χ0v) is 12.1. The molecule has 0 heterocycles. The molecule has 1 atom stereocenters. The fourth-order valence-corrected chi connectivity index (χ4v) is 2.20. The first-order valence-corrected chi connectivity index (χ1v) is 6.92. The number of carbonyl (C=O) groups is 3. The lowest BCUT2D eigenvalue weighted by Gasteiger charge is -2.12. The topological polar surface area (TPSA) is 101 Å². The maximum atomic E-state index is 12.1. The van der Waals surface area contributed by atoms with Gasteiger partial charge in [0.2, 0.25) is 5.91 Å². The van der Waals surface area contributed by atoms with E-state index < -0.39 is 17.9 Å². The van der Waals surface area contributed by atoms with Crippen molar-refractivity contribution in [1.82, 2.24) is 10.6 Å². The molecule has 3 amide bonds. The summed E-state index contributed by atoms with van der Waals surface area (Å²) in [4.78, 5) is 35.1. The van der Waals surface area contributed by atoms with Gasteiger partial charge in [0.15, 0.2) is 0 Å². The highest BCUT2D eigenvalue weighted by Gasteiger charge is 2.17. The molecule has 0 aliphatic carbocycles. The van der Waals surface area contributed by atoms with E-state index in [-0.39, 0.29) is 5.24 Å². The van der Waals surface area contributed by atoms with Gasteiger partial charge in [-0.05, 0) is 37.7 Å². The molecule has 0 aliphatic heterocycles. The molecule has 108 valence electrons. The SMILES string of the molecule is CCNC(=O)Sc1ccccc1C(=O)N[C@H](C)C(N)=O. The summed E-state index contributed by atoms with van der Waals surface area (Å²) in [5.74, 6) is -1.06. The molecule has 20 heavy (non-hydrogen) atoms. The maximum Gasteiger partial charge on any atom is 0.283 e. The minimum Gasteiger partial charge on any atom is -0.368 e. The third-order valence-electron chi connectivity index (χ3n) is 2.43. The van der Waals surface area contributed by atoms with Crippen molar-refractivity contribution in [2.24, 2.45) is 5.73 Å². The zero-order valence-electron chi connectivity index (χ0n) is 11.3. The van der Waals surface area contributed by atoms with Crippen molar-refractivity contribution in [1.29, 1.82) is 0 Å². The number of nitrogens with one attached hydrogen (secondary N) is 2. The molecule has 7 heteroatoms. The summed E-state index contributed by atoms with van der Waals surface area (Å²) in [5, 5.41) is 4.88. The normalized spacial score (nSPS) is 11.5. The first-order valence-electron chi connectivity index (χ1n) is 6.10. The van der Waals surface area contributed by atoms with Crippen molar-refractivity contribution in [3.63, 3.8) is 0 Å². The average molecular weight is 295 g/mol. The van der Waals surface area contributed by atoms with Gasteiger partial charge in [0.05, 0.1) is 5.56 Å². The van der Waals surface area contributed by atoms with Crippen LogP contribution in [0.4, 0.5) is 4.79 Å². The Bertz CT molecular complexity index is 519. The van der Waals surface area contributed by atoms with E-state index in [1.165, 1.54) is 6.92 Å². The minimum absolute atomic E-state index is 0.240. The number of thioether (sulfide) groups is 1. The van der Waals surface area contributed by atoms with Gasteiger partial charge in [0, 0.05) is 11.4 Å². The van der Waals surface area contributed by atoms with Crippen molar-refractivity contribution < 1.29 is 14.4 Å². The van der Waals surface area contributed by atoms with Gasteiger partial charge in [-0.3, -0.25) is 14.4 Å². The fourth-order valence-electron chi connectivity index (χ4n) is 1.37.